The molecule has 2 amide bonds. The summed E-state index contributed by atoms with van der Waals surface area (Å²) >= 11 is 0. The lowest BCUT2D eigenvalue weighted by Gasteiger charge is -2.44. The maximum atomic E-state index is 14.0. The monoisotopic (exact) mass is 649 g/mol. The van der Waals surface area contributed by atoms with E-state index in [2.05, 4.69) is 38.1 Å². The van der Waals surface area contributed by atoms with Crippen LogP contribution >= 0.6 is 0 Å². The van der Waals surface area contributed by atoms with E-state index in [1.165, 1.54) is 17.0 Å². The van der Waals surface area contributed by atoms with E-state index in [-0.39, 0.29) is 41.6 Å². The van der Waals surface area contributed by atoms with Crippen molar-refractivity contribution >= 4 is 30.7 Å². The molecule has 2 aliphatic rings. The summed E-state index contributed by atoms with van der Waals surface area (Å²) in [6.45, 7) is 4.59. The number of carbonyl (C=O) groups excluding carboxylic acids is 2. The zero-order valence-corrected chi connectivity index (χ0v) is 28.2. The van der Waals surface area contributed by atoms with Crippen LogP contribution in [-0.4, -0.2) is 36.6 Å². The number of hydrogen-bond acceptors (Lipinski definition) is 4. The molecule has 7 heteroatoms. The summed E-state index contributed by atoms with van der Waals surface area (Å²) in [5.41, 5.74) is 1.78. The quantitative estimate of drug-likeness (QED) is 0.179. The van der Waals surface area contributed by atoms with Gasteiger partial charge >= 0.3 is 6.09 Å². The number of rotatable bonds is 10. The van der Waals surface area contributed by atoms with Gasteiger partial charge in [0.2, 0.25) is 5.91 Å². The van der Waals surface area contributed by atoms with Crippen LogP contribution in [-0.2, 0) is 9.53 Å². The van der Waals surface area contributed by atoms with E-state index in [4.69, 9.17) is 4.74 Å². The van der Waals surface area contributed by atoms with E-state index in [0.29, 0.717) is 5.92 Å². The minimum absolute atomic E-state index is 0.137. The Kier molecular flexibility index (Phi) is 9.76. The lowest BCUT2D eigenvalue weighted by atomic mass is 9.70. The Balaban J connectivity index is 1.20. The first-order valence-corrected chi connectivity index (χ1v) is 18.7. The first kappa shape index (κ1) is 32.9. The van der Waals surface area contributed by atoms with Gasteiger partial charge < -0.3 is 9.53 Å². The molecule has 5 nitrogen and oxygen atoms in total. The fourth-order valence-electron chi connectivity index (χ4n) is 8.14. The van der Waals surface area contributed by atoms with Gasteiger partial charge in [-0.05, 0) is 75.7 Å². The highest BCUT2D eigenvalue weighted by molar-refractivity contribution is 6.98. The topological polar surface area (TPSA) is 66.8 Å². The van der Waals surface area contributed by atoms with Gasteiger partial charge in [-0.3, -0.25) is 4.79 Å². The summed E-state index contributed by atoms with van der Waals surface area (Å²) in [6.07, 6.45) is 4.23. The van der Waals surface area contributed by atoms with Gasteiger partial charge in [-0.15, -0.1) is 0 Å². The second kappa shape index (κ2) is 14.0. The average Bonchev–Trinajstić information content (AvgIpc) is 3.50. The largest absolute Gasteiger partial charge is 0.446 e. The van der Waals surface area contributed by atoms with Gasteiger partial charge in [0.25, 0.3) is 8.32 Å². The third kappa shape index (κ3) is 6.83. The van der Waals surface area contributed by atoms with Crippen molar-refractivity contribution in [3.8, 4) is 0 Å². The molecule has 2 atom stereocenters. The highest BCUT2D eigenvalue weighted by Gasteiger charge is 2.51. The molecule has 0 bridgehead atoms. The van der Waals surface area contributed by atoms with Crippen molar-refractivity contribution in [3.63, 3.8) is 0 Å². The van der Waals surface area contributed by atoms with Crippen LogP contribution in [0, 0.1) is 17.7 Å². The van der Waals surface area contributed by atoms with Crippen molar-refractivity contribution in [3.05, 3.63) is 132 Å². The Morgan fingerprint density at radius 1 is 0.851 bits per heavy atom. The summed E-state index contributed by atoms with van der Waals surface area (Å²) < 4.78 is 19.3. The lowest BCUT2D eigenvalue weighted by Crippen LogP contribution is -2.65. The standard InChI is InChI=1S/C40H44FNO4Si/c1-40(2,47(45,34-14-8-4-9-15-34)35-16-10-5-11-17-35)27-29-18-20-30(21-19-29)36(31-22-24-33(41)25-23-31)26-38(43)42-37(28-46-39(42)44)32-12-6-3-7-13-32/h3-17,22-25,29-30,36-37,45H,18-21,26-28H2,1-2H3/t29-,30-,36-,37-/m1/s1. The van der Waals surface area contributed by atoms with Crippen molar-refractivity contribution in [1.29, 1.82) is 0 Å². The molecule has 1 heterocycles. The molecule has 4 aromatic carbocycles. The molecule has 47 heavy (non-hydrogen) atoms. The van der Waals surface area contributed by atoms with Gasteiger partial charge in [0.05, 0.1) is 0 Å². The summed E-state index contributed by atoms with van der Waals surface area (Å²) in [7, 11) is -3.12. The van der Waals surface area contributed by atoms with Gasteiger partial charge in [-0.25, -0.2) is 14.1 Å². The third-order valence-electron chi connectivity index (χ3n) is 10.6. The number of hydrogen-bond donors (Lipinski definition) is 1. The van der Waals surface area contributed by atoms with Gasteiger partial charge in [0.15, 0.2) is 0 Å². The number of imide groups is 1. The van der Waals surface area contributed by atoms with E-state index in [9.17, 15) is 18.8 Å². The van der Waals surface area contributed by atoms with Crippen LogP contribution in [0.5, 0.6) is 0 Å². The number of halogens is 1. The predicted octanol–water partition coefficient (Wildman–Crippen LogP) is 7.75. The summed E-state index contributed by atoms with van der Waals surface area (Å²) in [6, 6.07) is 35.8. The Labute approximate surface area is 278 Å². The summed E-state index contributed by atoms with van der Waals surface area (Å²) in [5, 5.41) is 1.71. The number of benzene rings is 4. The SMILES string of the molecule is CC(C)(C[C@H]1CC[C@H]([C@@H](CC(=O)N2C(=O)OC[C@@H]2c2ccccc2)c2ccc(F)cc2)CC1)[Si](O)(c1ccccc1)c1ccccc1. The van der Waals surface area contributed by atoms with Gasteiger partial charge in [0, 0.05) is 6.42 Å². The second-order valence-electron chi connectivity index (χ2n) is 13.9. The third-order valence-corrected chi connectivity index (χ3v) is 15.1. The number of carbonyl (C=O) groups is 2. The fourth-order valence-corrected chi connectivity index (χ4v) is 12.0. The van der Waals surface area contributed by atoms with Crippen LogP contribution in [0.4, 0.5) is 9.18 Å². The molecule has 2 fully saturated rings. The molecule has 244 valence electrons. The molecular weight excluding hydrogens is 606 g/mol. The maximum Gasteiger partial charge on any atom is 0.417 e. The van der Waals surface area contributed by atoms with Crippen molar-refractivity contribution in [2.75, 3.05) is 6.61 Å². The first-order chi connectivity index (χ1) is 22.7. The fraction of sp³-hybridized carbons (Fsp3) is 0.350. The van der Waals surface area contributed by atoms with E-state index in [0.717, 1.165) is 53.6 Å². The molecule has 1 N–H and O–H groups in total. The lowest BCUT2D eigenvalue weighted by molar-refractivity contribution is -0.130. The van der Waals surface area contributed by atoms with E-state index >= 15 is 0 Å². The molecule has 0 spiro atoms. The van der Waals surface area contributed by atoms with Crippen molar-refractivity contribution in [1.82, 2.24) is 4.90 Å². The van der Waals surface area contributed by atoms with Crippen molar-refractivity contribution in [2.24, 2.45) is 11.8 Å². The van der Waals surface area contributed by atoms with Gasteiger partial charge in [-0.1, -0.05) is 130 Å². The average molecular weight is 650 g/mol. The molecule has 6 rings (SSSR count). The molecule has 0 radical (unpaired) electrons. The molecule has 0 unspecified atom stereocenters. The molecule has 1 saturated carbocycles. The Morgan fingerprint density at radius 3 is 1.94 bits per heavy atom. The van der Waals surface area contributed by atoms with Crippen LogP contribution in [0.3, 0.4) is 0 Å². The van der Waals surface area contributed by atoms with Crippen molar-refractivity contribution in [2.45, 2.75) is 69.4 Å². The van der Waals surface area contributed by atoms with Gasteiger partial charge in [-0.2, -0.15) is 0 Å². The molecular formula is C40H44FNO4Si. The molecule has 4 aromatic rings. The Hall–Kier alpha value is -4.07. The summed E-state index contributed by atoms with van der Waals surface area (Å²) in [4.78, 5) is 40.7. The second-order valence-corrected chi connectivity index (χ2v) is 17.9. The van der Waals surface area contributed by atoms with Crippen molar-refractivity contribution < 1.29 is 23.5 Å². The normalized spacial score (nSPS) is 20.9. The van der Waals surface area contributed by atoms with Crippen LogP contribution in [0.1, 0.15) is 75.5 Å². The Morgan fingerprint density at radius 2 is 1.38 bits per heavy atom. The first-order valence-electron chi connectivity index (χ1n) is 16.8. The zero-order valence-electron chi connectivity index (χ0n) is 27.2. The Bertz CT molecular complexity index is 1600. The molecule has 1 aliphatic heterocycles. The maximum absolute atomic E-state index is 14.0. The molecule has 1 aliphatic carbocycles. The van der Waals surface area contributed by atoms with E-state index in [1.54, 1.807) is 12.1 Å². The van der Waals surface area contributed by atoms with Crippen LogP contribution < -0.4 is 10.4 Å². The zero-order chi connectivity index (χ0) is 33.0. The van der Waals surface area contributed by atoms with Gasteiger partial charge in [0.1, 0.15) is 18.5 Å². The predicted molar refractivity (Wildman–Crippen MR) is 185 cm³/mol. The number of amides is 2. The summed E-state index contributed by atoms with van der Waals surface area (Å²) in [5.74, 6) is -0.0988. The number of nitrogens with zero attached hydrogens (tertiary/aromatic N) is 1. The van der Waals surface area contributed by atoms with E-state index < -0.39 is 20.5 Å². The number of ether oxygens (including phenoxy) is 1. The molecule has 1 saturated heterocycles. The highest BCUT2D eigenvalue weighted by Crippen LogP contribution is 2.48. The van der Waals surface area contributed by atoms with Crippen LogP contribution in [0.25, 0.3) is 0 Å². The highest BCUT2D eigenvalue weighted by atomic mass is 28.4. The number of cyclic esters (lactones) is 1. The van der Waals surface area contributed by atoms with E-state index in [1.807, 2.05) is 66.7 Å². The molecule has 0 aromatic heterocycles. The van der Waals surface area contributed by atoms with Crippen LogP contribution in [0.2, 0.25) is 5.04 Å². The van der Waals surface area contributed by atoms with Crippen LogP contribution in [0.15, 0.2) is 115 Å². The minimum atomic E-state index is -3.12. The smallest absolute Gasteiger partial charge is 0.417 e. The minimum Gasteiger partial charge on any atom is -0.446 e.